The van der Waals surface area contributed by atoms with Gasteiger partial charge in [0.1, 0.15) is 5.82 Å². The molecule has 176 valence electrons. The summed E-state index contributed by atoms with van der Waals surface area (Å²) < 4.78 is 20.2. The Morgan fingerprint density at radius 1 is 1.29 bits per heavy atom. The highest BCUT2D eigenvalue weighted by Crippen LogP contribution is 2.46. The quantitative estimate of drug-likeness (QED) is 0.525. The number of esters is 1. The predicted molar refractivity (Wildman–Crippen MR) is 130 cm³/mol. The monoisotopic (exact) mass is 462 g/mol. The van der Waals surface area contributed by atoms with Crippen molar-refractivity contribution in [1.29, 1.82) is 0 Å². The van der Waals surface area contributed by atoms with Crippen molar-refractivity contribution < 1.29 is 19.0 Å². The first-order valence-corrected chi connectivity index (χ1v) is 11.3. The summed E-state index contributed by atoms with van der Waals surface area (Å²) in [4.78, 5) is 18.3. The lowest BCUT2D eigenvalue weighted by atomic mass is 9.90. The molecule has 0 saturated carbocycles. The summed E-state index contributed by atoms with van der Waals surface area (Å²) in [6.45, 7) is 1.72. The molecular formula is C26H27FN4O3. The molecule has 7 nitrogen and oxygen atoms in total. The fraction of sp³-hybridized carbons (Fsp3) is 0.308. The molecule has 3 aliphatic rings. The molecule has 1 aliphatic carbocycles. The van der Waals surface area contributed by atoms with Crippen LogP contribution in [0.5, 0.6) is 5.88 Å². The summed E-state index contributed by atoms with van der Waals surface area (Å²) in [6.07, 6.45) is 8.98. The maximum absolute atomic E-state index is 13.7. The van der Waals surface area contributed by atoms with E-state index in [0.29, 0.717) is 32.5 Å². The van der Waals surface area contributed by atoms with Crippen LogP contribution in [0.3, 0.4) is 0 Å². The SMILES string of the molecule is COC(=O)CCCN=C1C=CC2C(=C1)c1c3c(n(C)c1O)CNC=C3CN2c1ccc(F)cc1. The summed E-state index contributed by atoms with van der Waals surface area (Å²) in [7, 11) is 3.25. The smallest absolute Gasteiger partial charge is 0.305 e. The first-order valence-electron chi connectivity index (χ1n) is 11.3. The molecule has 1 aromatic heterocycles. The third-order valence-corrected chi connectivity index (χ3v) is 6.61. The highest BCUT2D eigenvalue weighted by atomic mass is 19.1. The molecule has 0 saturated heterocycles. The minimum absolute atomic E-state index is 0.164. The van der Waals surface area contributed by atoms with Crippen molar-refractivity contribution in [3.05, 3.63) is 71.3 Å². The Balaban J connectivity index is 1.58. The van der Waals surface area contributed by atoms with Crippen molar-refractivity contribution in [2.24, 2.45) is 12.0 Å². The molecule has 0 bridgehead atoms. The molecule has 0 fully saturated rings. The van der Waals surface area contributed by atoms with Crippen LogP contribution in [0.2, 0.25) is 0 Å². The number of carbonyl (C=O) groups excluding carboxylic acids is 1. The second-order valence-electron chi connectivity index (χ2n) is 8.62. The van der Waals surface area contributed by atoms with Gasteiger partial charge in [-0.1, -0.05) is 6.08 Å². The first-order chi connectivity index (χ1) is 16.5. The van der Waals surface area contributed by atoms with Crippen molar-refractivity contribution in [3.8, 4) is 5.88 Å². The van der Waals surface area contributed by atoms with Crippen molar-refractivity contribution in [2.75, 3.05) is 25.1 Å². The molecule has 8 heteroatoms. The second-order valence-corrected chi connectivity index (χ2v) is 8.62. The third-order valence-electron chi connectivity index (χ3n) is 6.61. The van der Waals surface area contributed by atoms with Crippen LogP contribution >= 0.6 is 0 Å². The van der Waals surface area contributed by atoms with E-state index in [1.807, 2.05) is 30.0 Å². The molecule has 2 aromatic rings. The van der Waals surface area contributed by atoms with E-state index in [0.717, 1.165) is 39.4 Å². The van der Waals surface area contributed by atoms with E-state index in [1.54, 1.807) is 12.1 Å². The van der Waals surface area contributed by atoms with Crippen LogP contribution in [-0.2, 0) is 23.1 Å². The number of methoxy groups -OCH3 is 1. The van der Waals surface area contributed by atoms with Gasteiger partial charge in [-0.15, -0.1) is 0 Å². The molecule has 34 heavy (non-hydrogen) atoms. The third kappa shape index (κ3) is 3.79. The zero-order valence-electron chi connectivity index (χ0n) is 19.2. The van der Waals surface area contributed by atoms with Crippen LogP contribution in [-0.4, -0.2) is 47.6 Å². The van der Waals surface area contributed by atoms with Gasteiger partial charge in [-0.05, 0) is 54.0 Å². The van der Waals surface area contributed by atoms with E-state index in [-0.39, 0.29) is 23.7 Å². The van der Waals surface area contributed by atoms with Crippen molar-refractivity contribution in [3.63, 3.8) is 0 Å². The van der Waals surface area contributed by atoms with Gasteiger partial charge in [0.05, 0.1) is 25.4 Å². The van der Waals surface area contributed by atoms with Crippen molar-refractivity contribution >= 4 is 28.5 Å². The highest BCUT2D eigenvalue weighted by molar-refractivity contribution is 6.13. The van der Waals surface area contributed by atoms with Gasteiger partial charge >= 0.3 is 5.97 Å². The van der Waals surface area contributed by atoms with Gasteiger partial charge in [-0.3, -0.25) is 9.79 Å². The largest absolute Gasteiger partial charge is 0.494 e. The molecule has 5 rings (SSSR count). The fourth-order valence-electron chi connectivity index (χ4n) is 4.89. The number of allylic oxidation sites excluding steroid dienone is 2. The summed E-state index contributed by atoms with van der Waals surface area (Å²) in [5.41, 5.74) is 6.56. The number of nitrogens with one attached hydrogen (secondary N) is 1. The molecule has 2 aliphatic heterocycles. The highest BCUT2D eigenvalue weighted by Gasteiger charge is 2.37. The molecule has 0 spiro atoms. The van der Waals surface area contributed by atoms with Crippen molar-refractivity contribution in [1.82, 2.24) is 9.88 Å². The van der Waals surface area contributed by atoms with Gasteiger partial charge in [-0.2, -0.15) is 0 Å². The number of aromatic nitrogens is 1. The van der Waals surface area contributed by atoms with E-state index in [9.17, 15) is 14.3 Å². The van der Waals surface area contributed by atoms with Gasteiger partial charge in [-0.25, -0.2) is 4.39 Å². The van der Waals surface area contributed by atoms with E-state index >= 15 is 0 Å². The zero-order valence-corrected chi connectivity index (χ0v) is 19.2. The van der Waals surface area contributed by atoms with E-state index in [1.165, 1.54) is 19.2 Å². The molecule has 2 N–H and O–H groups in total. The van der Waals surface area contributed by atoms with Gasteiger partial charge in [0.25, 0.3) is 0 Å². The first kappa shape index (κ1) is 22.0. The molecular weight excluding hydrogens is 435 g/mol. The van der Waals surface area contributed by atoms with Crippen LogP contribution in [0.15, 0.2) is 53.7 Å². The van der Waals surface area contributed by atoms with Crippen LogP contribution in [0.1, 0.15) is 29.7 Å². The number of anilines is 1. The zero-order chi connectivity index (χ0) is 23.8. The van der Waals surface area contributed by atoms with Gasteiger partial charge in [0.15, 0.2) is 5.88 Å². The number of halogens is 1. The predicted octanol–water partition coefficient (Wildman–Crippen LogP) is 3.55. The van der Waals surface area contributed by atoms with Crippen LogP contribution in [0, 0.1) is 5.82 Å². The number of aromatic hydroxyl groups is 1. The lowest BCUT2D eigenvalue weighted by molar-refractivity contribution is -0.140. The van der Waals surface area contributed by atoms with E-state index in [2.05, 4.69) is 21.3 Å². The summed E-state index contributed by atoms with van der Waals surface area (Å²) in [5, 5.41) is 14.5. The molecule has 0 radical (unpaired) electrons. The van der Waals surface area contributed by atoms with Crippen LogP contribution in [0.25, 0.3) is 11.1 Å². The average Bonchev–Trinajstić information content (AvgIpc) is 3.02. The van der Waals surface area contributed by atoms with Gasteiger partial charge in [0, 0.05) is 55.3 Å². The topological polar surface area (TPSA) is 79.1 Å². The number of nitrogens with zero attached hydrogens (tertiary/aromatic N) is 3. The van der Waals surface area contributed by atoms with E-state index < -0.39 is 0 Å². The number of benzene rings is 1. The molecule has 1 atom stereocenters. The molecule has 3 heterocycles. The maximum Gasteiger partial charge on any atom is 0.305 e. The number of fused-ring (bicyclic) bond motifs is 2. The normalized spacial score (nSPS) is 19.6. The minimum Gasteiger partial charge on any atom is -0.494 e. The Bertz CT molecular complexity index is 1250. The lowest BCUT2D eigenvalue weighted by Crippen LogP contribution is -2.36. The number of hydrogen-bond donors (Lipinski definition) is 2. The summed E-state index contributed by atoms with van der Waals surface area (Å²) >= 11 is 0. The van der Waals surface area contributed by atoms with Gasteiger partial charge < -0.3 is 24.6 Å². The van der Waals surface area contributed by atoms with Crippen LogP contribution in [0.4, 0.5) is 10.1 Å². The average molecular weight is 463 g/mol. The molecule has 1 aromatic carbocycles. The minimum atomic E-state index is -0.280. The van der Waals surface area contributed by atoms with Gasteiger partial charge in [0.2, 0.25) is 0 Å². The number of carbonyl (C=O) groups is 1. The number of hydrogen-bond acceptors (Lipinski definition) is 6. The Kier molecular flexibility index (Phi) is 5.73. The van der Waals surface area contributed by atoms with Crippen LogP contribution < -0.4 is 10.2 Å². The Morgan fingerprint density at radius 2 is 2.09 bits per heavy atom. The summed E-state index contributed by atoms with van der Waals surface area (Å²) in [6, 6.07) is 6.33. The second kappa shape index (κ2) is 8.85. The Morgan fingerprint density at radius 3 is 2.85 bits per heavy atom. The standard InChI is InChI=1S/C26H27FN4O3/c1-30-22-14-28-13-16-15-31(19-8-5-17(27)6-9-19)21-10-7-18(29-11-3-4-23(32)34-2)12-20(21)25(24(16)22)26(30)33/h5-10,12-13,21,28,33H,3-4,11,14-15H2,1-2H3. The molecule has 1 unspecified atom stereocenters. The fourth-order valence-corrected chi connectivity index (χ4v) is 4.89. The Labute approximate surface area is 197 Å². The summed E-state index contributed by atoms with van der Waals surface area (Å²) in [5.74, 6) is -0.306. The number of ether oxygens (including phenoxy) is 1. The Hall–Kier alpha value is -3.81. The number of aliphatic imine (C=N–C) groups is 1. The maximum atomic E-state index is 13.7. The number of rotatable bonds is 5. The van der Waals surface area contributed by atoms with Crippen molar-refractivity contribution in [2.45, 2.75) is 25.4 Å². The van der Waals surface area contributed by atoms with E-state index in [4.69, 9.17) is 4.74 Å². The lowest BCUT2D eigenvalue weighted by Gasteiger charge is -2.33. The molecule has 0 amide bonds.